The van der Waals surface area contributed by atoms with Gasteiger partial charge in [0.25, 0.3) is 0 Å². The van der Waals surface area contributed by atoms with Gasteiger partial charge in [0, 0.05) is 17.6 Å². The van der Waals surface area contributed by atoms with Gasteiger partial charge in [0.15, 0.2) is 0 Å². The average Bonchev–Trinajstić information content (AvgIpc) is 3.27. The molecule has 2 amide bonds. The van der Waals surface area contributed by atoms with Gasteiger partial charge in [-0.3, -0.25) is 5.32 Å². The number of fused-ring (bicyclic) bond motifs is 1. The van der Waals surface area contributed by atoms with Crippen LogP contribution in [-0.2, 0) is 9.47 Å². The number of halogens is 2. The van der Waals surface area contributed by atoms with Crippen LogP contribution in [0.25, 0.3) is 10.9 Å². The van der Waals surface area contributed by atoms with Gasteiger partial charge in [-0.25, -0.2) is 14.4 Å². The fourth-order valence-corrected chi connectivity index (χ4v) is 4.70. The molecule has 3 aromatic rings. The van der Waals surface area contributed by atoms with Crippen molar-refractivity contribution in [2.24, 2.45) is 0 Å². The smallest absolute Gasteiger partial charge is 0.435 e. The van der Waals surface area contributed by atoms with Gasteiger partial charge in [0.05, 0.1) is 27.8 Å². The summed E-state index contributed by atoms with van der Waals surface area (Å²) >= 11 is 12.3. The van der Waals surface area contributed by atoms with Gasteiger partial charge < -0.3 is 19.5 Å². The first kappa shape index (κ1) is 27.5. The predicted octanol–water partition coefficient (Wildman–Crippen LogP) is 6.95. The second-order valence-corrected chi connectivity index (χ2v) is 10.8. The van der Waals surface area contributed by atoms with E-state index >= 15 is 0 Å². The lowest BCUT2D eigenvalue weighted by atomic mass is 9.93. The summed E-state index contributed by atoms with van der Waals surface area (Å²) in [5.41, 5.74) is 0.755. The van der Waals surface area contributed by atoms with Crippen LogP contribution < -0.4 is 5.32 Å². The van der Waals surface area contributed by atoms with E-state index < -0.39 is 36.0 Å². The summed E-state index contributed by atoms with van der Waals surface area (Å²) in [7, 11) is 0. The number of benzene rings is 2. The molecule has 10 nitrogen and oxygen atoms in total. The summed E-state index contributed by atoms with van der Waals surface area (Å²) in [6.07, 6.45) is 0.108. The number of likely N-dealkylation sites (tertiary alicyclic amines) is 1. The summed E-state index contributed by atoms with van der Waals surface area (Å²) in [6.45, 7) is 5.62. The highest BCUT2D eigenvalue weighted by atomic mass is 35.5. The SMILES string of the molecule is CC(C)(C)OC(=O)n1ncc2cc(NC(=O)OC(c3ccc(Cl)c(Cl)c3)[C@@H]3CCCCN3C(=O)O)ccc21. The second-order valence-electron chi connectivity index (χ2n) is 9.97. The number of hydrogen-bond acceptors (Lipinski definition) is 6. The minimum absolute atomic E-state index is 0.267. The number of carboxylic acid groups (broad SMARTS) is 1. The van der Waals surface area contributed by atoms with Gasteiger partial charge in [-0.15, -0.1) is 0 Å². The third-order valence-corrected chi connectivity index (χ3v) is 6.77. The molecule has 1 aliphatic rings. The first-order valence-electron chi connectivity index (χ1n) is 12.1. The zero-order valence-corrected chi connectivity index (χ0v) is 22.6. The van der Waals surface area contributed by atoms with E-state index in [1.165, 1.54) is 11.1 Å². The van der Waals surface area contributed by atoms with Crippen molar-refractivity contribution in [3.63, 3.8) is 0 Å². The number of amides is 2. The lowest BCUT2D eigenvalue weighted by Crippen LogP contribution is -2.47. The molecule has 1 aliphatic heterocycles. The number of anilines is 1. The second kappa shape index (κ2) is 11.1. The maximum Gasteiger partial charge on any atom is 0.435 e. The van der Waals surface area contributed by atoms with Crippen molar-refractivity contribution in [2.45, 2.75) is 57.8 Å². The van der Waals surface area contributed by atoms with E-state index in [-0.39, 0.29) is 5.02 Å². The molecule has 1 saturated heterocycles. The topological polar surface area (TPSA) is 123 Å². The lowest BCUT2D eigenvalue weighted by molar-refractivity contribution is 0.0178. The van der Waals surface area contributed by atoms with Crippen LogP contribution in [-0.4, -0.2) is 56.3 Å². The number of piperidine rings is 1. The van der Waals surface area contributed by atoms with Crippen molar-refractivity contribution >= 4 is 58.1 Å². The van der Waals surface area contributed by atoms with E-state index in [4.69, 9.17) is 32.7 Å². The Bertz CT molecular complexity index is 1370. The van der Waals surface area contributed by atoms with E-state index in [0.29, 0.717) is 40.1 Å². The monoisotopic (exact) mass is 562 g/mol. The predicted molar refractivity (Wildman–Crippen MR) is 143 cm³/mol. The molecule has 1 fully saturated rings. The molecule has 1 unspecified atom stereocenters. The molecule has 2 heterocycles. The summed E-state index contributed by atoms with van der Waals surface area (Å²) in [5, 5.41) is 17.7. The number of hydrogen-bond donors (Lipinski definition) is 2. The maximum atomic E-state index is 13.0. The Morgan fingerprint density at radius 1 is 1.11 bits per heavy atom. The molecular formula is C26H28Cl2N4O6. The highest BCUT2D eigenvalue weighted by molar-refractivity contribution is 6.42. The highest BCUT2D eigenvalue weighted by Gasteiger charge is 2.36. The first-order valence-corrected chi connectivity index (χ1v) is 12.8. The molecule has 0 radical (unpaired) electrons. The molecule has 0 aliphatic carbocycles. The number of carbonyl (C=O) groups is 3. The van der Waals surface area contributed by atoms with Gasteiger partial charge in [-0.05, 0) is 75.9 Å². The van der Waals surface area contributed by atoms with Crippen LogP contribution in [0.5, 0.6) is 0 Å². The molecule has 38 heavy (non-hydrogen) atoms. The molecule has 12 heteroatoms. The standard InChI is InChI=1S/C26H28Cl2N4O6/c1-26(2,3)38-25(36)32-20-10-8-17(12-16(20)14-29-32)30-23(33)37-22(15-7-9-18(27)19(28)13-15)21-6-4-5-11-31(21)24(34)35/h7-10,12-14,21-22H,4-6,11H2,1-3H3,(H,30,33)(H,34,35)/t21-,22?/m0/s1. The molecule has 2 atom stereocenters. The molecule has 2 N–H and O–H groups in total. The third-order valence-electron chi connectivity index (χ3n) is 6.03. The fourth-order valence-electron chi connectivity index (χ4n) is 4.39. The van der Waals surface area contributed by atoms with E-state index in [0.717, 1.165) is 17.5 Å². The maximum absolute atomic E-state index is 13.0. The Balaban J connectivity index is 1.56. The van der Waals surface area contributed by atoms with Gasteiger partial charge in [0.1, 0.15) is 11.7 Å². The van der Waals surface area contributed by atoms with Crippen LogP contribution in [0.4, 0.5) is 20.1 Å². The molecule has 0 saturated carbocycles. The molecule has 0 spiro atoms. The third kappa shape index (κ3) is 6.31. The van der Waals surface area contributed by atoms with E-state index in [9.17, 15) is 19.5 Å². The highest BCUT2D eigenvalue weighted by Crippen LogP contribution is 2.35. The van der Waals surface area contributed by atoms with Gasteiger partial charge >= 0.3 is 18.3 Å². The largest absolute Gasteiger partial charge is 0.465 e. The van der Waals surface area contributed by atoms with Gasteiger partial charge in [-0.1, -0.05) is 29.3 Å². The Morgan fingerprint density at radius 2 is 1.87 bits per heavy atom. The Labute approximate surface area is 229 Å². The van der Waals surface area contributed by atoms with Gasteiger partial charge in [0.2, 0.25) is 0 Å². The summed E-state index contributed by atoms with van der Waals surface area (Å²) in [6, 6.07) is 9.10. The van der Waals surface area contributed by atoms with Crippen LogP contribution >= 0.6 is 23.2 Å². The van der Waals surface area contributed by atoms with Crippen molar-refractivity contribution < 1.29 is 29.0 Å². The molecule has 1 aromatic heterocycles. The molecular weight excluding hydrogens is 535 g/mol. The van der Waals surface area contributed by atoms with Crippen molar-refractivity contribution in [3.8, 4) is 0 Å². The fraction of sp³-hybridized carbons (Fsp3) is 0.385. The Morgan fingerprint density at radius 3 is 2.55 bits per heavy atom. The average molecular weight is 563 g/mol. The number of nitrogens with one attached hydrogen (secondary N) is 1. The van der Waals surface area contributed by atoms with Crippen LogP contribution in [0.2, 0.25) is 10.0 Å². The Hall–Kier alpha value is -3.50. The number of nitrogens with zero attached hydrogens (tertiary/aromatic N) is 3. The van der Waals surface area contributed by atoms with Crippen LogP contribution in [0.15, 0.2) is 42.6 Å². The number of ether oxygens (including phenoxy) is 2. The number of rotatable bonds is 4. The van der Waals surface area contributed by atoms with Crippen molar-refractivity contribution in [3.05, 3.63) is 58.2 Å². The zero-order valence-electron chi connectivity index (χ0n) is 21.1. The van der Waals surface area contributed by atoms with Crippen molar-refractivity contribution in [2.75, 3.05) is 11.9 Å². The van der Waals surface area contributed by atoms with Crippen LogP contribution in [0, 0.1) is 0 Å². The zero-order chi connectivity index (χ0) is 27.6. The van der Waals surface area contributed by atoms with E-state index in [2.05, 4.69) is 10.4 Å². The summed E-state index contributed by atoms with van der Waals surface area (Å²) in [5.74, 6) is 0. The summed E-state index contributed by atoms with van der Waals surface area (Å²) in [4.78, 5) is 38.7. The normalized spacial score (nSPS) is 16.7. The minimum atomic E-state index is -1.09. The van der Waals surface area contributed by atoms with Crippen molar-refractivity contribution in [1.29, 1.82) is 0 Å². The van der Waals surface area contributed by atoms with Gasteiger partial charge in [-0.2, -0.15) is 9.78 Å². The quantitative estimate of drug-likeness (QED) is 0.352. The summed E-state index contributed by atoms with van der Waals surface area (Å²) < 4.78 is 12.3. The number of aromatic nitrogens is 2. The molecule has 0 bridgehead atoms. The van der Waals surface area contributed by atoms with Crippen LogP contribution in [0.1, 0.15) is 51.7 Å². The molecule has 2 aromatic carbocycles. The first-order chi connectivity index (χ1) is 17.9. The van der Waals surface area contributed by atoms with Crippen LogP contribution in [0.3, 0.4) is 0 Å². The van der Waals surface area contributed by atoms with Crippen molar-refractivity contribution in [1.82, 2.24) is 14.7 Å². The minimum Gasteiger partial charge on any atom is -0.465 e. The van der Waals surface area contributed by atoms with E-state index in [1.54, 1.807) is 57.2 Å². The molecule has 202 valence electrons. The van der Waals surface area contributed by atoms with E-state index in [1.807, 2.05) is 0 Å². The lowest BCUT2D eigenvalue weighted by Gasteiger charge is -2.38. The molecule has 4 rings (SSSR count). The Kier molecular flexibility index (Phi) is 8.03. The number of carbonyl (C=O) groups excluding carboxylic acids is 2.